The highest BCUT2D eigenvalue weighted by Crippen LogP contribution is 2.23. The van der Waals surface area contributed by atoms with Gasteiger partial charge in [0.05, 0.1) is 0 Å². The molecule has 1 aromatic rings. The Hall–Kier alpha value is -1.06. The van der Waals surface area contributed by atoms with Gasteiger partial charge >= 0.3 is 0 Å². The van der Waals surface area contributed by atoms with Gasteiger partial charge in [0, 0.05) is 31.9 Å². The summed E-state index contributed by atoms with van der Waals surface area (Å²) in [5.41, 5.74) is 2.68. The Kier molecular flexibility index (Phi) is 7.20. The standard InChI is InChI=1S/C19H32N2O/c1-3-4-16(2)13-20-14-17-5-7-19(8-6-17)21-11-9-18(15-22)10-12-21/h5-8,16,18,20,22H,3-4,9-15H2,1-2H3. The molecule has 0 spiro atoms. The monoisotopic (exact) mass is 304 g/mol. The van der Waals surface area contributed by atoms with Crippen molar-refractivity contribution in [2.45, 2.75) is 46.1 Å². The van der Waals surface area contributed by atoms with E-state index in [0.717, 1.165) is 44.9 Å². The second-order valence-corrected chi connectivity index (χ2v) is 6.80. The first-order chi connectivity index (χ1) is 10.7. The molecule has 1 aromatic carbocycles. The van der Waals surface area contributed by atoms with E-state index in [4.69, 9.17) is 0 Å². The largest absolute Gasteiger partial charge is 0.396 e. The van der Waals surface area contributed by atoms with Gasteiger partial charge in [-0.05, 0) is 55.3 Å². The molecule has 2 N–H and O–H groups in total. The van der Waals surface area contributed by atoms with Crippen molar-refractivity contribution in [2.75, 3.05) is 31.1 Å². The number of hydrogen-bond donors (Lipinski definition) is 2. The van der Waals surface area contributed by atoms with E-state index >= 15 is 0 Å². The van der Waals surface area contributed by atoms with Crippen LogP contribution in [0.15, 0.2) is 24.3 Å². The summed E-state index contributed by atoms with van der Waals surface area (Å²) < 4.78 is 0. The Morgan fingerprint density at radius 3 is 2.50 bits per heavy atom. The lowest BCUT2D eigenvalue weighted by Gasteiger charge is -2.33. The average Bonchev–Trinajstić information content (AvgIpc) is 2.56. The summed E-state index contributed by atoms with van der Waals surface area (Å²) in [6, 6.07) is 8.97. The van der Waals surface area contributed by atoms with Crippen LogP contribution in [-0.4, -0.2) is 31.3 Å². The van der Waals surface area contributed by atoms with Crippen LogP contribution in [0, 0.1) is 11.8 Å². The topological polar surface area (TPSA) is 35.5 Å². The smallest absolute Gasteiger partial charge is 0.0460 e. The minimum atomic E-state index is 0.342. The van der Waals surface area contributed by atoms with Gasteiger partial charge in [0.1, 0.15) is 0 Å². The molecule has 0 aliphatic carbocycles. The van der Waals surface area contributed by atoms with E-state index in [0.29, 0.717) is 12.5 Å². The predicted molar refractivity (Wildman–Crippen MR) is 94.2 cm³/mol. The van der Waals surface area contributed by atoms with Crippen molar-refractivity contribution >= 4 is 5.69 Å². The lowest BCUT2D eigenvalue weighted by molar-refractivity contribution is 0.203. The molecule has 0 saturated carbocycles. The fourth-order valence-electron chi connectivity index (χ4n) is 3.26. The van der Waals surface area contributed by atoms with Crippen LogP contribution >= 0.6 is 0 Å². The summed E-state index contributed by atoms with van der Waals surface area (Å²) in [4.78, 5) is 2.44. The first-order valence-corrected chi connectivity index (χ1v) is 8.88. The second-order valence-electron chi connectivity index (χ2n) is 6.80. The SMILES string of the molecule is CCCC(C)CNCc1ccc(N2CCC(CO)CC2)cc1. The molecule has 1 saturated heterocycles. The number of aliphatic hydroxyl groups excluding tert-OH is 1. The highest BCUT2D eigenvalue weighted by atomic mass is 16.3. The van der Waals surface area contributed by atoms with Crippen molar-refractivity contribution in [2.24, 2.45) is 11.8 Å². The van der Waals surface area contributed by atoms with E-state index in [9.17, 15) is 5.11 Å². The van der Waals surface area contributed by atoms with Crippen molar-refractivity contribution in [3.63, 3.8) is 0 Å². The van der Waals surface area contributed by atoms with E-state index in [1.165, 1.54) is 24.1 Å². The van der Waals surface area contributed by atoms with E-state index in [-0.39, 0.29) is 0 Å². The number of nitrogens with zero attached hydrogens (tertiary/aromatic N) is 1. The highest BCUT2D eigenvalue weighted by Gasteiger charge is 2.18. The molecule has 124 valence electrons. The zero-order valence-electron chi connectivity index (χ0n) is 14.2. The minimum absolute atomic E-state index is 0.342. The van der Waals surface area contributed by atoms with Crippen LogP contribution < -0.4 is 10.2 Å². The lowest BCUT2D eigenvalue weighted by Crippen LogP contribution is -2.34. The van der Waals surface area contributed by atoms with Crippen molar-refractivity contribution in [3.8, 4) is 0 Å². The average molecular weight is 304 g/mol. The molecule has 1 aliphatic rings. The van der Waals surface area contributed by atoms with Crippen molar-refractivity contribution < 1.29 is 5.11 Å². The molecule has 0 radical (unpaired) electrons. The summed E-state index contributed by atoms with van der Waals surface area (Å²) in [5, 5.41) is 12.8. The summed E-state index contributed by atoms with van der Waals surface area (Å²) in [6.07, 6.45) is 4.78. The van der Waals surface area contributed by atoms with E-state index in [1.807, 2.05) is 0 Å². The molecule has 1 heterocycles. The number of benzene rings is 1. The summed E-state index contributed by atoms with van der Waals surface area (Å²) in [6.45, 7) is 9.10. The first kappa shape index (κ1) is 17.3. The number of piperidine rings is 1. The Bertz CT molecular complexity index is 410. The van der Waals surface area contributed by atoms with Gasteiger partial charge in [0.15, 0.2) is 0 Å². The molecule has 0 bridgehead atoms. The normalized spacial score (nSPS) is 17.7. The molecule has 1 atom stereocenters. The van der Waals surface area contributed by atoms with Gasteiger partial charge in [-0.3, -0.25) is 0 Å². The van der Waals surface area contributed by atoms with Crippen LogP contribution in [-0.2, 0) is 6.54 Å². The van der Waals surface area contributed by atoms with E-state index in [2.05, 4.69) is 48.3 Å². The van der Waals surface area contributed by atoms with Crippen LogP contribution in [0.25, 0.3) is 0 Å². The molecule has 1 unspecified atom stereocenters. The fraction of sp³-hybridized carbons (Fsp3) is 0.684. The van der Waals surface area contributed by atoms with Gasteiger partial charge in [0.25, 0.3) is 0 Å². The lowest BCUT2D eigenvalue weighted by atomic mass is 9.97. The molecule has 3 heteroatoms. The third-order valence-corrected chi connectivity index (χ3v) is 4.78. The molecule has 1 fully saturated rings. The van der Waals surface area contributed by atoms with E-state index in [1.54, 1.807) is 0 Å². The first-order valence-electron chi connectivity index (χ1n) is 8.88. The van der Waals surface area contributed by atoms with Crippen LogP contribution in [0.1, 0.15) is 45.1 Å². The fourth-order valence-corrected chi connectivity index (χ4v) is 3.26. The van der Waals surface area contributed by atoms with Crippen LogP contribution in [0.3, 0.4) is 0 Å². The van der Waals surface area contributed by atoms with Gasteiger partial charge in [-0.2, -0.15) is 0 Å². The molecule has 0 aromatic heterocycles. The predicted octanol–water partition coefficient (Wildman–Crippen LogP) is 3.42. The maximum Gasteiger partial charge on any atom is 0.0460 e. The zero-order valence-corrected chi connectivity index (χ0v) is 14.2. The minimum Gasteiger partial charge on any atom is -0.396 e. The van der Waals surface area contributed by atoms with Crippen LogP contribution in [0.2, 0.25) is 0 Å². The number of nitrogens with one attached hydrogen (secondary N) is 1. The third kappa shape index (κ3) is 5.29. The molecule has 0 amide bonds. The molecule has 2 rings (SSSR count). The van der Waals surface area contributed by atoms with Gasteiger partial charge in [0.2, 0.25) is 0 Å². The van der Waals surface area contributed by atoms with Crippen molar-refractivity contribution in [1.29, 1.82) is 0 Å². The van der Waals surface area contributed by atoms with Gasteiger partial charge in [-0.15, -0.1) is 0 Å². The van der Waals surface area contributed by atoms with Crippen LogP contribution in [0.5, 0.6) is 0 Å². The number of anilines is 1. The number of hydrogen-bond acceptors (Lipinski definition) is 3. The second kappa shape index (κ2) is 9.16. The summed E-state index contributed by atoms with van der Waals surface area (Å²) in [5.74, 6) is 1.27. The Morgan fingerprint density at radius 1 is 1.23 bits per heavy atom. The van der Waals surface area contributed by atoms with Crippen molar-refractivity contribution in [1.82, 2.24) is 5.32 Å². The van der Waals surface area contributed by atoms with Gasteiger partial charge < -0.3 is 15.3 Å². The third-order valence-electron chi connectivity index (χ3n) is 4.78. The molecule has 22 heavy (non-hydrogen) atoms. The molecule has 3 nitrogen and oxygen atoms in total. The zero-order chi connectivity index (χ0) is 15.8. The molecular weight excluding hydrogens is 272 g/mol. The summed E-state index contributed by atoms with van der Waals surface area (Å²) in [7, 11) is 0. The Morgan fingerprint density at radius 2 is 1.91 bits per heavy atom. The Labute approximate surface area is 135 Å². The quantitative estimate of drug-likeness (QED) is 0.772. The number of rotatable bonds is 8. The number of aliphatic hydroxyl groups is 1. The van der Waals surface area contributed by atoms with Crippen molar-refractivity contribution in [3.05, 3.63) is 29.8 Å². The summed E-state index contributed by atoms with van der Waals surface area (Å²) >= 11 is 0. The highest BCUT2D eigenvalue weighted by molar-refractivity contribution is 5.47. The van der Waals surface area contributed by atoms with Gasteiger partial charge in [-0.25, -0.2) is 0 Å². The Balaban J connectivity index is 1.76. The van der Waals surface area contributed by atoms with E-state index < -0.39 is 0 Å². The maximum absolute atomic E-state index is 9.21. The van der Waals surface area contributed by atoms with Crippen LogP contribution in [0.4, 0.5) is 5.69 Å². The molecular formula is C19H32N2O. The maximum atomic E-state index is 9.21. The van der Waals surface area contributed by atoms with Gasteiger partial charge in [-0.1, -0.05) is 32.4 Å². The molecule has 1 aliphatic heterocycles.